The van der Waals surface area contributed by atoms with Crippen LogP contribution >= 0.6 is 23.2 Å². The van der Waals surface area contributed by atoms with Crippen LogP contribution < -0.4 is 0 Å². The molecule has 0 saturated carbocycles. The zero-order valence-corrected chi connectivity index (χ0v) is 7.73. The van der Waals surface area contributed by atoms with E-state index in [0.717, 1.165) is 0 Å². The van der Waals surface area contributed by atoms with Crippen LogP contribution in [0.25, 0.3) is 0 Å². The number of hydrogen-bond donors (Lipinski definition) is 1. The van der Waals surface area contributed by atoms with E-state index < -0.39 is 12.5 Å². The average Bonchev–Trinajstić information content (AvgIpc) is 2.03. The maximum absolute atomic E-state index is 12.0. The van der Waals surface area contributed by atoms with Crippen molar-refractivity contribution >= 4 is 23.2 Å². The Bertz CT molecular complexity index is 309. The highest BCUT2D eigenvalue weighted by atomic mass is 35.5. The molecule has 1 N–H and O–H groups in total. The van der Waals surface area contributed by atoms with E-state index in [9.17, 15) is 8.78 Å². The lowest BCUT2D eigenvalue weighted by molar-refractivity contribution is -0.00590. The molecule has 0 bridgehead atoms. The molecule has 2 nitrogen and oxygen atoms in total. The molecule has 0 radical (unpaired) electrons. The summed E-state index contributed by atoms with van der Waals surface area (Å²) in [5.74, 6) is 0. The lowest BCUT2D eigenvalue weighted by atomic mass is 10.2. The molecule has 1 aromatic heterocycles. The lowest BCUT2D eigenvalue weighted by Gasteiger charge is -2.10. The van der Waals surface area contributed by atoms with Crippen LogP contribution in [-0.4, -0.2) is 16.5 Å². The summed E-state index contributed by atoms with van der Waals surface area (Å²) in [4.78, 5) is 3.51. The number of hydrogen-bond acceptors (Lipinski definition) is 2. The number of aliphatic hydroxyl groups is 1. The molecule has 1 unspecified atom stereocenters. The normalized spacial score (nSPS) is 13.4. The maximum atomic E-state index is 12.0. The molecule has 1 rings (SSSR count). The molecule has 13 heavy (non-hydrogen) atoms. The standard InChI is InChI=1S/C7H5Cl2F2NO/c8-4-2-1-3(6(9)12-4)5(13)7(10)11/h1-2,5,7,13H. The molecular formula is C7H5Cl2F2NO. The fraction of sp³-hybridized carbons (Fsp3) is 0.286. The fourth-order valence-corrected chi connectivity index (χ4v) is 1.24. The van der Waals surface area contributed by atoms with Crippen molar-refractivity contribution in [3.8, 4) is 0 Å². The zero-order valence-electron chi connectivity index (χ0n) is 6.22. The number of rotatable bonds is 2. The maximum Gasteiger partial charge on any atom is 0.268 e. The third-order valence-corrected chi connectivity index (χ3v) is 1.91. The molecule has 0 aliphatic heterocycles. The van der Waals surface area contributed by atoms with Crippen molar-refractivity contribution in [3.05, 3.63) is 28.0 Å². The number of halogens is 4. The van der Waals surface area contributed by atoms with E-state index in [1.165, 1.54) is 12.1 Å². The van der Waals surface area contributed by atoms with Gasteiger partial charge in [0.25, 0.3) is 6.43 Å². The summed E-state index contributed by atoms with van der Waals surface area (Å²) in [6.45, 7) is 0. The van der Waals surface area contributed by atoms with Gasteiger partial charge in [0.15, 0.2) is 0 Å². The Labute approximate surface area is 83.1 Å². The monoisotopic (exact) mass is 227 g/mol. The Morgan fingerprint density at radius 3 is 2.38 bits per heavy atom. The van der Waals surface area contributed by atoms with Crippen LogP contribution in [0.2, 0.25) is 10.3 Å². The Morgan fingerprint density at radius 2 is 1.92 bits per heavy atom. The van der Waals surface area contributed by atoms with E-state index in [2.05, 4.69) is 4.98 Å². The van der Waals surface area contributed by atoms with E-state index in [0.29, 0.717) is 0 Å². The van der Waals surface area contributed by atoms with Crippen LogP contribution in [0, 0.1) is 0 Å². The molecule has 72 valence electrons. The van der Waals surface area contributed by atoms with E-state index in [4.69, 9.17) is 28.3 Å². The summed E-state index contributed by atoms with van der Waals surface area (Å²) < 4.78 is 24.1. The summed E-state index contributed by atoms with van der Waals surface area (Å²) in [6.07, 6.45) is -4.81. The van der Waals surface area contributed by atoms with Crippen molar-refractivity contribution in [1.82, 2.24) is 4.98 Å². The molecule has 1 atom stereocenters. The third-order valence-electron chi connectivity index (χ3n) is 1.40. The predicted octanol–water partition coefficient (Wildman–Crippen LogP) is 2.69. The van der Waals surface area contributed by atoms with Gasteiger partial charge >= 0.3 is 0 Å². The highest BCUT2D eigenvalue weighted by molar-refractivity contribution is 6.32. The van der Waals surface area contributed by atoms with Crippen molar-refractivity contribution in [2.75, 3.05) is 0 Å². The summed E-state index contributed by atoms with van der Waals surface area (Å²) in [6, 6.07) is 2.50. The number of alkyl halides is 2. The van der Waals surface area contributed by atoms with Crippen LogP contribution in [0.4, 0.5) is 8.78 Å². The minimum absolute atomic E-state index is 0.0928. The minimum Gasteiger partial charge on any atom is -0.382 e. The van der Waals surface area contributed by atoms with Gasteiger partial charge in [0.1, 0.15) is 16.4 Å². The first-order chi connectivity index (χ1) is 6.02. The summed E-state index contributed by atoms with van der Waals surface area (Å²) in [5, 5.41) is 8.84. The summed E-state index contributed by atoms with van der Waals surface area (Å²) in [5.41, 5.74) is -0.124. The van der Waals surface area contributed by atoms with Crippen LogP contribution in [0.3, 0.4) is 0 Å². The van der Waals surface area contributed by atoms with Gasteiger partial charge in [-0.05, 0) is 6.07 Å². The number of nitrogens with zero attached hydrogens (tertiary/aromatic N) is 1. The van der Waals surface area contributed by atoms with Gasteiger partial charge < -0.3 is 5.11 Å². The first kappa shape index (κ1) is 10.6. The van der Waals surface area contributed by atoms with Crippen molar-refractivity contribution < 1.29 is 13.9 Å². The highest BCUT2D eigenvalue weighted by Gasteiger charge is 2.22. The first-order valence-corrected chi connectivity index (χ1v) is 4.06. The molecule has 0 fully saturated rings. The Morgan fingerprint density at radius 1 is 1.31 bits per heavy atom. The largest absolute Gasteiger partial charge is 0.382 e. The molecule has 1 aromatic rings. The molecule has 0 saturated heterocycles. The van der Waals surface area contributed by atoms with Gasteiger partial charge in [-0.1, -0.05) is 29.3 Å². The van der Waals surface area contributed by atoms with Gasteiger partial charge in [0.05, 0.1) is 0 Å². The van der Waals surface area contributed by atoms with Crippen molar-refractivity contribution in [2.24, 2.45) is 0 Å². The van der Waals surface area contributed by atoms with Crippen LogP contribution in [0.5, 0.6) is 0 Å². The fourth-order valence-electron chi connectivity index (χ4n) is 0.779. The number of aliphatic hydroxyl groups excluding tert-OH is 1. The second kappa shape index (κ2) is 4.17. The predicted molar refractivity (Wildman–Crippen MR) is 45.2 cm³/mol. The molecule has 0 amide bonds. The second-order valence-corrected chi connectivity index (χ2v) is 3.04. The topological polar surface area (TPSA) is 33.1 Å². The van der Waals surface area contributed by atoms with Gasteiger partial charge in [-0.2, -0.15) is 0 Å². The van der Waals surface area contributed by atoms with E-state index >= 15 is 0 Å². The summed E-state index contributed by atoms with van der Waals surface area (Å²) in [7, 11) is 0. The summed E-state index contributed by atoms with van der Waals surface area (Å²) >= 11 is 10.9. The zero-order chi connectivity index (χ0) is 10.0. The molecule has 0 spiro atoms. The quantitative estimate of drug-likeness (QED) is 0.789. The first-order valence-electron chi connectivity index (χ1n) is 3.30. The van der Waals surface area contributed by atoms with E-state index in [1.54, 1.807) is 0 Å². The van der Waals surface area contributed by atoms with Crippen molar-refractivity contribution in [3.63, 3.8) is 0 Å². The van der Waals surface area contributed by atoms with Crippen molar-refractivity contribution in [2.45, 2.75) is 12.5 Å². The van der Waals surface area contributed by atoms with Gasteiger partial charge in [-0.25, -0.2) is 13.8 Å². The van der Waals surface area contributed by atoms with Gasteiger partial charge in [-0.3, -0.25) is 0 Å². The highest BCUT2D eigenvalue weighted by Crippen LogP contribution is 2.26. The van der Waals surface area contributed by atoms with Crippen LogP contribution in [-0.2, 0) is 0 Å². The molecule has 1 heterocycles. The number of pyridine rings is 1. The average molecular weight is 228 g/mol. The minimum atomic E-state index is -2.89. The third kappa shape index (κ3) is 2.49. The molecule has 6 heteroatoms. The smallest absolute Gasteiger partial charge is 0.268 e. The van der Waals surface area contributed by atoms with Crippen LogP contribution in [0.15, 0.2) is 12.1 Å². The lowest BCUT2D eigenvalue weighted by Crippen LogP contribution is -2.09. The van der Waals surface area contributed by atoms with Gasteiger partial charge in [-0.15, -0.1) is 0 Å². The van der Waals surface area contributed by atoms with Gasteiger partial charge in [0, 0.05) is 5.56 Å². The Hall–Kier alpha value is -0.450. The molecular weight excluding hydrogens is 223 g/mol. The Balaban J connectivity index is 3.01. The van der Waals surface area contributed by atoms with Gasteiger partial charge in [0.2, 0.25) is 0 Å². The molecule has 0 aliphatic carbocycles. The Kier molecular flexibility index (Phi) is 3.41. The molecule has 0 aromatic carbocycles. The second-order valence-electron chi connectivity index (χ2n) is 2.29. The molecule has 0 aliphatic rings. The SMILES string of the molecule is OC(c1ccc(Cl)nc1Cl)C(F)F. The number of aromatic nitrogens is 1. The van der Waals surface area contributed by atoms with E-state index in [1.807, 2.05) is 0 Å². The van der Waals surface area contributed by atoms with E-state index in [-0.39, 0.29) is 15.9 Å². The van der Waals surface area contributed by atoms with Crippen molar-refractivity contribution in [1.29, 1.82) is 0 Å². The van der Waals surface area contributed by atoms with Crippen LogP contribution in [0.1, 0.15) is 11.7 Å².